The molecule has 21 heavy (non-hydrogen) atoms. The molecule has 0 aliphatic heterocycles. The van der Waals surface area contributed by atoms with Crippen LogP contribution < -0.4 is 5.32 Å². The Kier molecular flexibility index (Phi) is 4.03. The molecule has 1 N–H and O–H groups in total. The number of rotatable bonds is 3. The second kappa shape index (κ2) is 6.11. The molecule has 1 aliphatic rings. The minimum Gasteiger partial charge on any atom is -0.351 e. The van der Waals surface area contributed by atoms with E-state index in [-0.39, 0.29) is 11.8 Å². The molecule has 0 fully saturated rings. The van der Waals surface area contributed by atoms with Crippen molar-refractivity contribution in [2.24, 2.45) is 0 Å². The Morgan fingerprint density at radius 3 is 3.19 bits per heavy atom. The lowest BCUT2D eigenvalue weighted by atomic mass is 9.87. The van der Waals surface area contributed by atoms with Crippen molar-refractivity contribution in [3.63, 3.8) is 0 Å². The smallest absolute Gasteiger partial charge is 0.227 e. The summed E-state index contributed by atoms with van der Waals surface area (Å²) in [7, 11) is 0. The molecule has 1 unspecified atom stereocenters. The minimum atomic E-state index is -0.0147. The van der Waals surface area contributed by atoms with Crippen LogP contribution in [0.25, 0.3) is 0 Å². The van der Waals surface area contributed by atoms with Gasteiger partial charge in [-0.05, 0) is 54.0 Å². The predicted octanol–water partition coefficient (Wildman–Crippen LogP) is 3.36. The number of carbonyl (C=O) groups excluding carboxylic acids is 1. The summed E-state index contributed by atoms with van der Waals surface area (Å²) in [5.41, 5.74) is 2.79. The first-order valence-corrected chi connectivity index (χ1v) is 7.99. The van der Waals surface area contributed by atoms with E-state index in [0.717, 1.165) is 24.8 Å². The first kappa shape index (κ1) is 13.8. The normalized spacial score (nSPS) is 16.8. The molecule has 1 aliphatic carbocycles. The first-order valence-electron chi connectivity index (χ1n) is 7.11. The van der Waals surface area contributed by atoms with Crippen molar-refractivity contribution in [3.8, 4) is 6.07 Å². The number of nitrogens with one attached hydrogen (secondary N) is 1. The zero-order chi connectivity index (χ0) is 14.7. The maximum atomic E-state index is 12.4. The monoisotopic (exact) mass is 296 g/mol. The van der Waals surface area contributed by atoms with Crippen molar-refractivity contribution >= 4 is 17.2 Å². The summed E-state index contributed by atoms with van der Waals surface area (Å²) in [6, 6.07) is 11.6. The Hall–Kier alpha value is -2.12. The Balaban J connectivity index is 1.67. The van der Waals surface area contributed by atoms with Crippen molar-refractivity contribution < 1.29 is 4.79 Å². The number of carbonyl (C=O) groups is 1. The maximum absolute atomic E-state index is 12.4. The number of fused-ring (bicyclic) bond motifs is 1. The molecule has 3 nitrogen and oxygen atoms in total. The molecular formula is C17H16N2OS. The Bertz CT molecular complexity index is 699. The van der Waals surface area contributed by atoms with Crippen molar-refractivity contribution in [2.75, 3.05) is 0 Å². The summed E-state index contributed by atoms with van der Waals surface area (Å²) < 4.78 is 0. The van der Waals surface area contributed by atoms with E-state index in [0.29, 0.717) is 12.1 Å². The van der Waals surface area contributed by atoms with E-state index in [1.807, 2.05) is 18.2 Å². The van der Waals surface area contributed by atoms with Crippen LogP contribution in [0.4, 0.5) is 0 Å². The fourth-order valence-corrected chi connectivity index (χ4v) is 3.81. The van der Waals surface area contributed by atoms with E-state index in [1.165, 1.54) is 10.4 Å². The Morgan fingerprint density at radius 1 is 1.43 bits per heavy atom. The van der Waals surface area contributed by atoms with Gasteiger partial charge < -0.3 is 5.32 Å². The van der Waals surface area contributed by atoms with Crippen LogP contribution in [0.1, 0.15) is 40.3 Å². The van der Waals surface area contributed by atoms with Gasteiger partial charge in [0.1, 0.15) is 0 Å². The van der Waals surface area contributed by atoms with Gasteiger partial charge in [0.15, 0.2) is 0 Å². The van der Waals surface area contributed by atoms with Crippen LogP contribution in [-0.2, 0) is 17.8 Å². The molecule has 0 radical (unpaired) electrons. The van der Waals surface area contributed by atoms with Gasteiger partial charge in [-0.2, -0.15) is 5.26 Å². The van der Waals surface area contributed by atoms with Gasteiger partial charge in [0, 0.05) is 11.4 Å². The summed E-state index contributed by atoms with van der Waals surface area (Å²) in [6.45, 7) is 0.477. The van der Waals surface area contributed by atoms with Gasteiger partial charge in [-0.15, -0.1) is 11.3 Å². The zero-order valence-electron chi connectivity index (χ0n) is 11.6. The highest BCUT2D eigenvalue weighted by Gasteiger charge is 2.26. The predicted molar refractivity (Wildman–Crippen MR) is 83.0 cm³/mol. The lowest BCUT2D eigenvalue weighted by Crippen LogP contribution is -2.30. The molecule has 106 valence electrons. The maximum Gasteiger partial charge on any atom is 0.227 e. The van der Waals surface area contributed by atoms with Gasteiger partial charge in [-0.25, -0.2) is 0 Å². The van der Waals surface area contributed by atoms with Gasteiger partial charge in [0.2, 0.25) is 5.91 Å². The standard InChI is InChI=1S/C17H16N2OS/c18-10-12-3-1-4-13(9-12)11-19-17(20)15-5-2-6-16-14(15)7-8-21-16/h1,3-4,7-9,15H,2,5-6,11H2,(H,19,20). The van der Waals surface area contributed by atoms with Crippen LogP contribution in [0.15, 0.2) is 35.7 Å². The minimum absolute atomic E-state index is 0.0147. The molecule has 1 heterocycles. The number of benzene rings is 1. The fourth-order valence-electron chi connectivity index (χ4n) is 2.82. The van der Waals surface area contributed by atoms with E-state index in [9.17, 15) is 4.79 Å². The van der Waals surface area contributed by atoms with Crippen molar-refractivity contribution in [1.29, 1.82) is 5.26 Å². The lowest BCUT2D eigenvalue weighted by molar-refractivity contribution is -0.123. The summed E-state index contributed by atoms with van der Waals surface area (Å²) in [5, 5.41) is 14.0. The van der Waals surface area contributed by atoms with E-state index < -0.39 is 0 Å². The van der Waals surface area contributed by atoms with Gasteiger partial charge >= 0.3 is 0 Å². The average Bonchev–Trinajstić information content (AvgIpc) is 3.01. The molecule has 3 rings (SSSR count). The highest BCUT2D eigenvalue weighted by atomic mass is 32.1. The molecule has 0 saturated carbocycles. The molecule has 1 atom stereocenters. The molecule has 4 heteroatoms. The molecule has 0 bridgehead atoms. The van der Waals surface area contributed by atoms with Crippen molar-refractivity contribution in [3.05, 3.63) is 57.3 Å². The van der Waals surface area contributed by atoms with Crippen LogP contribution in [0.3, 0.4) is 0 Å². The van der Waals surface area contributed by atoms with Crippen LogP contribution in [0, 0.1) is 11.3 Å². The van der Waals surface area contributed by atoms with Gasteiger partial charge in [0.05, 0.1) is 17.6 Å². The van der Waals surface area contributed by atoms with E-state index in [4.69, 9.17) is 5.26 Å². The number of amides is 1. The summed E-state index contributed by atoms with van der Waals surface area (Å²) in [5.74, 6) is 0.0795. The molecule has 2 aromatic rings. The quantitative estimate of drug-likeness (QED) is 0.944. The Morgan fingerprint density at radius 2 is 2.33 bits per heavy atom. The number of thiophene rings is 1. The molecule has 1 aromatic heterocycles. The molecular weight excluding hydrogens is 280 g/mol. The zero-order valence-corrected chi connectivity index (χ0v) is 12.5. The van der Waals surface area contributed by atoms with Crippen molar-refractivity contribution in [1.82, 2.24) is 5.32 Å². The third-order valence-electron chi connectivity index (χ3n) is 3.89. The fraction of sp³-hybridized carbons (Fsp3) is 0.294. The van der Waals surface area contributed by atoms with Crippen LogP contribution in [0.5, 0.6) is 0 Å². The van der Waals surface area contributed by atoms with Crippen molar-refractivity contribution in [2.45, 2.75) is 31.7 Å². The first-order chi connectivity index (χ1) is 10.3. The average molecular weight is 296 g/mol. The topological polar surface area (TPSA) is 52.9 Å². The van der Waals surface area contributed by atoms with Crippen LogP contribution >= 0.6 is 11.3 Å². The third kappa shape index (κ3) is 2.98. The molecule has 0 saturated heterocycles. The third-order valence-corrected chi connectivity index (χ3v) is 4.89. The second-order valence-corrected chi connectivity index (χ2v) is 6.27. The number of nitriles is 1. The summed E-state index contributed by atoms with van der Waals surface area (Å²) >= 11 is 1.75. The van der Waals surface area contributed by atoms with E-state index >= 15 is 0 Å². The number of hydrogen-bond acceptors (Lipinski definition) is 3. The largest absolute Gasteiger partial charge is 0.351 e. The summed E-state index contributed by atoms with van der Waals surface area (Å²) in [6.07, 6.45) is 3.10. The van der Waals surface area contributed by atoms with Crippen LogP contribution in [-0.4, -0.2) is 5.91 Å². The highest BCUT2D eigenvalue weighted by molar-refractivity contribution is 7.10. The van der Waals surface area contributed by atoms with Gasteiger partial charge in [-0.3, -0.25) is 4.79 Å². The summed E-state index contributed by atoms with van der Waals surface area (Å²) in [4.78, 5) is 13.8. The van der Waals surface area contributed by atoms with Gasteiger partial charge in [0.25, 0.3) is 0 Å². The molecule has 0 spiro atoms. The number of hydrogen-bond donors (Lipinski definition) is 1. The van der Waals surface area contributed by atoms with Gasteiger partial charge in [-0.1, -0.05) is 12.1 Å². The van der Waals surface area contributed by atoms with Crippen LogP contribution in [0.2, 0.25) is 0 Å². The second-order valence-electron chi connectivity index (χ2n) is 5.27. The van der Waals surface area contributed by atoms with E-state index in [2.05, 4.69) is 22.8 Å². The SMILES string of the molecule is N#Cc1cccc(CNC(=O)C2CCCc3sccc32)c1. The van der Waals surface area contributed by atoms with E-state index in [1.54, 1.807) is 17.4 Å². The molecule has 1 amide bonds. The number of aryl methyl sites for hydroxylation is 1. The molecule has 1 aromatic carbocycles. The lowest BCUT2D eigenvalue weighted by Gasteiger charge is -2.21. The Labute approximate surface area is 128 Å². The number of nitrogens with zero attached hydrogens (tertiary/aromatic N) is 1. The highest BCUT2D eigenvalue weighted by Crippen LogP contribution is 2.34.